The molecule has 0 aliphatic heterocycles. The van der Waals surface area contributed by atoms with Crippen LogP contribution in [0.25, 0.3) is 11.5 Å². The Hall–Kier alpha value is -2.95. The third-order valence-electron chi connectivity index (χ3n) is 5.05. The number of anilines is 1. The molecule has 3 heterocycles. The van der Waals surface area contributed by atoms with E-state index in [4.69, 9.17) is 4.42 Å². The van der Waals surface area contributed by atoms with Gasteiger partial charge in [-0.25, -0.2) is 19.9 Å². The van der Waals surface area contributed by atoms with Crippen LogP contribution in [-0.4, -0.2) is 35.8 Å². The highest BCUT2D eigenvalue weighted by atomic mass is 35.5. The molecular formula is C24H26ClN5O3S2. The largest absolute Gasteiger partial charge is 0.480 e. The van der Waals surface area contributed by atoms with Crippen molar-refractivity contribution in [3.05, 3.63) is 71.3 Å². The molecular weight excluding hydrogens is 506 g/mol. The minimum Gasteiger partial charge on any atom is -0.480 e. The van der Waals surface area contributed by atoms with E-state index in [0.717, 1.165) is 28.9 Å². The number of nitrogens with zero attached hydrogens (tertiary/aromatic N) is 5. The number of hydrogen-bond acceptors (Lipinski definition) is 9. The van der Waals surface area contributed by atoms with Crippen LogP contribution in [0.2, 0.25) is 0 Å². The Balaban J connectivity index is 0.00000342. The monoisotopic (exact) mass is 531 g/mol. The number of aliphatic carboxylic acids is 1. The van der Waals surface area contributed by atoms with Crippen molar-refractivity contribution in [1.29, 1.82) is 0 Å². The van der Waals surface area contributed by atoms with E-state index in [1.54, 1.807) is 20.1 Å². The zero-order chi connectivity index (χ0) is 24.1. The minimum absolute atomic E-state index is 0. The molecule has 184 valence electrons. The maximum atomic E-state index is 11.5. The molecule has 8 nitrogen and oxygen atoms in total. The molecule has 0 bridgehead atoms. The van der Waals surface area contributed by atoms with Crippen LogP contribution >= 0.6 is 35.5 Å². The number of halogens is 1. The lowest BCUT2D eigenvalue weighted by Gasteiger charge is -2.20. The van der Waals surface area contributed by atoms with Crippen molar-refractivity contribution in [2.75, 3.05) is 4.90 Å². The lowest BCUT2D eigenvalue weighted by Crippen LogP contribution is -2.27. The highest BCUT2D eigenvalue weighted by Gasteiger charge is 2.30. The molecule has 11 heteroatoms. The first-order chi connectivity index (χ1) is 16.3. The number of carboxylic acid groups (broad SMARTS) is 1. The van der Waals surface area contributed by atoms with Crippen molar-refractivity contribution in [2.45, 2.75) is 49.4 Å². The van der Waals surface area contributed by atoms with Gasteiger partial charge < -0.3 is 14.4 Å². The van der Waals surface area contributed by atoms with Crippen LogP contribution in [0.5, 0.6) is 0 Å². The second-order valence-electron chi connectivity index (χ2n) is 8.13. The van der Waals surface area contributed by atoms with Crippen LogP contribution in [0.4, 0.5) is 5.95 Å². The van der Waals surface area contributed by atoms with Crippen LogP contribution in [0.15, 0.2) is 63.1 Å². The summed E-state index contributed by atoms with van der Waals surface area (Å²) in [7, 11) is 0. The van der Waals surface area contributed by atoms with E-state index >= 15 is 0 Å². The third kappa shape index (κ3) is 6.81. The Labute approximate surface area is 218 Å². The fourth-order valence-electron chi connectivity index (χ4n) is 3.04. The van der Waals surface area contributed by atoms with Crippen molar-refractivity contribution >= 4 is 47.4 Å². The molecule has 1 N–H and O–H groups in total. The molecule has 0 saturated heterocycles. The molecule has 0 aliphatic carbocycles. The van der Waals surface area contributed by atoms with E-state index in [1.165, 1.54) is 23.1 Å². The van der Waals surface area contributed by atoms with Gasteiger partial charge in [-0.15, -0.1) is 23.7 Å². The fourth-order valence-corrected chi connectivity index (χ4v) is 5.23. The van der Waals surface area contributed by atoms with Gasteiger partial charge in [0.15, 0.2) is 4.34 Å². The number of rotatable bonds is 10. The molecule has 0 spiro atoms. The number of carbonyl (C=O) groups is 1. The average molecular weight is 532 g/mol. The quantitative estimate of drug-likeness (QED) is 0.256. The van der Waals surface area contributed by atoms with Gasteiger partial charge in [0.25, 0.3) is 0 Å². The first kappa shape index (κ1) is 26.7. The number of carboxylic acids is 1. The Morgan fingerprint density at radius 3 is 2.46 bits per heavy atom. The number of hydrogen-bond donors (Lipinski definition) is 1. The molecule has 4 rings (SSSR count). The van der Waals surface area contributed by atoms with Gasteiger partial charge >= 0.3 is 5.97 Å². The molecule has 35 heavy (non-hydrogen) atoms. The topological polar surface area (TPSA) is 105 Å². The molecule has 0 saturated carbocycles. The molecule has 0 fully saturated rings. The summed E-state index contributed by atoms with van der Waals surface area (Å²) in [6, 6.07) is 9.74. The standard InChI is InChI=1S/C24H25N5O3S2.ClH/c1-4-16-10-25-22(26-11-16)29(12-18-14-32-20(27-18)17-8-6-5-7-9-17)13-19-15-33-23(28-19)34-24(2,3)21(30)31;/h5-11,14-15H,4,12-13H2,1-3H3,(H,30,31);1H. The van der Waals surface area contributed by atoms with Gasteiger partial charge in [-0.3, -0.25) is 4.79 Å². The molecule has 0 radical (unpaired) electrons. The summed E-state index contributed by atoms with van der Waals surface area (Å²) in [5, 5.41) is 11.3. The summed E-state index contributed by atoms with van der Waals surface area (Å²) in [5.41, 5.74) is 3.52. The van der Waals surface area contributed by atoms with Crippen molar-refractivity contribution in [1.82, 2.24) is 19.9 Å². The average Bonchev–Trinajstić information content (AvgIpc) is 3.48. The van der Waals surface area contributed by atoms with Crippen LogP contribution in [-0.2, 0) is 24.3 Å². The summed E-state index contributed by atoms with van der Waals surface area (Å²) in [5.74, 6) is 0.246. The van der Waals surface area contributed by atoms with E-state index in [-0.39, 0.29) is 12.4 Å². The van der Waals surface area contributed by atoms with Crippen LogP contribution in [0, 0.1) is 0 Å². The second kappa shape index (κ2) is 11.7. The summed E-state index contributed by atoms with van der Waals surface area (Å²) >= 11 is 2.67. The van der Waals surface area contributed by atoms with E-state index in [1.807, 2.05) is 53.0 Å². The molecule has 0 amide bonds. The lowest BCUT2D eigenvalue weighted by atomic mass is 10.2. The predicted octanol–water partition coefficient (Wildman–Crippen LogP) is 5.73. The fraction of sp³-hybridized carbons (Fsp3) is 0.292. The highest BCUT2D eigenvalue weighted by molar-refractivity contribution is 8.03. The zero-order valence-electron chi connectivity index (χ0n) is 19.5. The third-order valence-corrected chi connectivity index (χ3v) is 7.22. The maximum Gasteiger partial charge on any atom is 0.319 e. The number of aromatic nitrogens is 4. The Kier molecular flexibility index (Phi) is 8.87. The van der Waals surface area contributed by atoms with Crippen LogP contribution < -0.4 is 4.90 Å². The maximum absolute atomic E-state index is 11.5. The second-order valence-corrected chi connectivity index (χ2v) is 10.9. The van der Waals surface area contributed by atoms with E-state index < -0.39 is 10.7 Å². The zero-order valence-corrected chi connectivity index (χ0v) is 22.0. The number of aryl methyl sites for hydroxylation is 1. The van der Waals surface area contributed by atoms with Crippen molar-refractivity contribution in [3.8, 4) is 11.5 Å². The van der Waals surface area contributed by atoms with Crippen molar-refractivity contribution in [3.63, 3.8) is 0 Å². The number of thiazole rings is 1. The highest BCUT2D eigenvalue weighted by Crippen LogP contribution is 2.35. The molecule has 3 aromatic heterocycles. The van der Waals surface area contributed by atoms with E-state index in [9.17, 15) is 9.90 Å². The van der Waals surface area contributed by atoms with Crippen molar-refractivity contribution < 1.29 is 14.3 Å². The van der Waals surface area contributed by atoms with Gasteiger partial charge in [0.1, 0.15) is 11.0 Å². The summed E-state index contributed by atoms with van der Waals surface area (Å²) in [6.07, 6.45) is 6.15. The van der Waals surface area contributed by atoms with Gasteiger partial charge in [-0.1, -0.05) is 36.9 Å². The van der Waals surface area contributed by atoms with Crippen LogP contribution in [0.1, 0.15) is 37.7 Å². The minimum atomic E-state index is -0.956. The van der Waals surface area contributed by atoms with Gasteiger partial charge in [-0.2, -0.15) is 0 Å². The first-order valence-electron chi connectivity index (χ1n) is 10.8. The SMILES string of the molecule is CCc1cnc(N(Cc2coc(-c3ccccc3)n2)Cc2csc(SC(C)(C)C(=O)O)n2)nc1.Cl. The van der Waals surface area contributed by atoms with Gasteiger partial charge in [0, 0.05) is 23.3 Å². The number of oxazole rings is 1. The van der Waals surface area contributed by atoms with Crippen molar-refractivity contribution in [2.24, 2.45) is 0 Å². The first-order valence-corrected chi connectivity index (χ1v) is 12.5. The van der Waals surface area contributed by atoms with Gasteiger partial charge in [-0.05, 0) is 38.0 Å². The van der Waals surface area contributed by atoms with Gasteiger partial charge in [0.05, 0.1) is 24.5 Å². The number of benzene rings is 1. The molecule has 0 unspecified atom stereocenters. The molecule has 0 atom stereocenters. The van der Waals surface area contributed by atoms with E-state index in [2.05, 4.69) is 26.9 Å². The van der Waals surface area contributed by atoms with Crippen LogP contribution in [0.3, 0.4) is 0 Å². The smallest absolute Gasteiger partial charge is 0.319 e. The Morgan fingerprint density at radius 1 is 1.11 bits per heavy atom. The summed E-state index contributed by atoms with van der Waals surface area (Å²) in [4.78, 5) is 31.8. The normalized spacial score (nSPS) is 11.2. The summed E-state index contributed by atoms with van der Waals surface area (Å²) < 4.78 is 5.45. The molecule has 0 aliphatic rings. The Morgan fingerprint density at radius 2 is 1.80 bits per heavy atom. The summed E-state index contributed by atoms with van der Waals surface area (Å²) in [6.45, 7) is 6.28. The van der Waals surface area contributed by atoms with Gasteiger partial charge in [0.2, 0.25) is 11.8 Å². The lowest BCUT2D eigenvalue weighted by molar-refractivity contribution is -0.138. The number of thioether (sulfide) groups is 1. The molecule has 1 aromatic carbocycles. The Bertz CT molecular complexity index is 1250. The van der Waals surface area contributed by atoms with E-state index in [0.29, 0.717) is 29.3 Å². The predicted molar refractivity (Wildman–Crippen MR) is 140 cm³/mol. The molecule has 4 aromatic rings.